The Bertz CT molecular complexity index is 3320. The van der Waals surface area contributed by atoms with Crippen LogP contribution in [0, 0.1) is 18.8 Å². The molecule has 0 radical (unpaired) electrons. The molecule has 426 valence electrons. The number of nitrogens with one attached hydrogen (secondary N) is 1. The molecule has 9 rings (SSSR count). The Hall–Kier alpha value is -8.80. The summed E-state index contributed by atoms with van der Waals surface area (Å²) in [4.78, 5) is 117. The van der Waals surface area contributed by atoms with Crippen molar-refractivity contribution in [2.24, 2.45) is 21.8 Å². The van der Waals surface area contributed by atoms with Gasteiger partial charge in [0.15, 0.2) is 17.3 Å². The van der Waals surface area contributed by atoms with Gasteiger partial charge in [0.25, 0.3) is 23.6 Å². The summed E-state index contributed by atoms with van der Waals surface area (Å²) >= 11 is 0. The highest BCUT2D eigenvalue weighted by molar-refractivity contribution is 6.13. The third kappa shape index (κ3) is 13.2. The largest absolute Gasteiger partial charge is 0.493 e. The summed E-state index contributed by atoms with van der Waals surface area (Å²) in [6.45, 7) is 8.26. The van der Waals surface area contributed by atoms with Gasteiger partial charge in [-0.05, 0) is 89.8 Å². The van der Waals surface area contributed by atoms with Gasteiger partial charge in [-0.3, -0.25) is 48.4 Å². The fourth-order valence-electron chi connectivity index (χ4n) is 10.7. The van der Waals surface area contributed by atoms with E-state index in [1.807, 2.05) is 75.6 Å². The van der Waals surface area contributed by atoms with Crippen LogP contribution < -0.4 is 19.5 Å². The molecule has 1 N–H and O–H groups in total. The number of esters is 1. The number of amides is 5. The average molecular weight is 1110 g/mol. The van der Waals surface area contributed by atoms with E-state index in [9.17, 15) is 38.4 Å². The summed E-state index contributed by atoms with van der Waals surface area (Å²) in [5.74, 6) is -1.16. The highest BCUT2D eigenvalue weighted by Crippen LogP contribution is 2.41. The van der Waals surface area contributed by atoms with Crippen molar-refractivity contribution in [1.29, 1.82) is 0 Å². The van der Waals surface area contributed by atoms with Crippen LogP contribution in [0.3, 0.4) is 0 Å². The summed E-state index contributed by atoms with van der Waals surface area (Å²) in [7, 11) is 2.86. The lowest BCUT2D eigenvalue weighted by Crippen LogP contribution is -2.45. The molecule has 4 aromatic carbocycles. The van der Waals surface area contributed by atoms with Crippen molar-refractivity contribution >= 4 is 82.0 Å². The number of hydrogen-bond donors (Lipinski definition) is 1. The van der Waals surface area contributed by atoms with E-state index >= 15 is 0 Å². The topological polar surface area (TPSA) is 220 Å². The molecule has 5 aliphatic rings. The van der Waals surface area contributed by atoms with Crippen molar-refractivity contribution in [3.05, 3.63) is 136 Å². The van der Waals surface area contributed by atoms with Gasteiger partial charge in [0.2, 0.25) is 5.91 Å². The Kier molecular flexibility index (Phi) is 18.2. The minimum Gasteiger partial charge on any atom is -0.493 e. The number of ketones is 2. The summed E-state index contributed by atoms with van der Waals surface area (Å²) in [5, 5.41) is 2.87. The standard InChI is InChI=1S/C64H68N6O12/c1-38(2)61(67-58(73)11-8-7-9-24-68-59(74)22-23-60(68)75)54(72)28-39(3)53(71)21-14-41-12-15-42(16-13-41)45-29-48-35-66-52-33-57(56(79-5)31-50(52)63(77)70(48)36-45)82-26-10-25-81-55-32-51-49(27-40(55)4)62(76)69-37-46(30-47(69)34-65-51)43-17-19-44(20-18-43)64(78)80-6/h12-13,15-20,22-23,27,31-39,47-48,61H,7-11,14,21,24-26,28-30H2,1-6H3,(H,67,73)/t39?,47-,48-,61?/m0/s1. The number of methoxy groups -OCH3 is 2. The number of aryl methyl sites for hydroxylation is 2. The van der Waals surface area contributed by atoms with Crippen LogP contribution in [0.1, 0.15) is 132 Å². The maximum atomic E-state index is 14.1. The normalized spacial score (nSPS) is 17.6. The second kappa shape index (κ2) is 25.8. The van der Waals surface area contributed by atoms with Crippen LogP contribution >= 0.6 is 0 Å². The summed E-state index contributed by atoms with van der Waals surface area (Å²) in [6.07, 6.45) is 14.2. The van der Waals surface area contributed by atoms with Gasteiger partial charge in [0.05, 0.1) is 73.6 Å². The van der Waals surface area contributed by atoms with E-state index in [1.165, 1.54) is 31.3 Å². The van der Waals surface area contributed by atoms with Crippen LogP contribution in [-0.2, 0) is 35.1 Å². The van der Waals surface area contributed by atoms with Crippen molar-refractivity contribution in [3.8, 4) is 17.2 Å². The van der Waals surface area contributed by atoms with Gasteiger partial charge in [-0.25, -0.2) is 4.79 Å². The predicted octanol–water partition coefficient (Wildman–Crippen LogP) is 9.30. The minimum absolute atomic E-state index is 0.0209. The van der Waals surface area contributed by atoms with Crippen molar-refractivity contribution in [3.63, 3.8) is 0 Å². The number of hydrogen-bond acceptors (Lipinski definition) is 14. The Morgan fingerprint density at radius 2 is 1.23 bits per heavy atom. The van der Waals surface area contributed by atoms with E-state index < -0.39 is 17.9 Å². The second-order valence-electron chi connectivity index (χ2n) is 21.6. The van der Waals surface area contributed by atoms with Gasteiger partial charge in [-0.2, -0.15) is 0 Å². The van der Waals surface area contributed by atoms with Gasteiger partial charge < -0.3 is 34.1 Å². The Balaban J connectivity index is 0.720. The molecule has 0 fully saturated rings. The number of nitrogens with zero attached hydrogens (tertiary/aromatic N) is 5. The van der Waals surface area contributed by atoms with E-state index in [0.717, 1.165) is 33.4 Å². The number of benzene rings is 4. The highest BCUT2D eigenvalue weighted by Gasteiger charge is 2.36. The summed E-state index contributed by atoms with van der Waals surface area (Å²) < 4.78 is 22.9. The fourth-order valence-corrected chi connectivity index (χ4v) is 10.7. The van der Waals surface area contributed by atoms with Crippen LogP contribution in [-0.4, -0.2) is 126 Å². The fraction of sp³-hybridized carbons (Fsp3) is 0.375. The summed E-state index contributed by atoms with van der Waals surface area (Å²) in [5.41, 5.74) is 7.83. The number of aliphatic imine (C=N–C) groups is 2. The minimum atomic E-state index is -0.715. The first-order chi connectivity index (χ1) is 39.5. The zero-order valence-electron chi connectivity index (χ0n) is 47.1. The zero-order valence-corrected chi connectivity index (χ0v) is 47.1. The van der Waals surface area contributed by atoms with Crippen LogP contribution in [0.2, 0.25) is 0 Å². The molecule has 18 nitrogen and oxygen atoms in total. The maximum Gasteiger partial charge on any atom is 0.337 e. The molecule has 5 amide bonds. The molecular weight excluding hydrogens is 1040 g/mol. The molecular formula is C64H68N6O12. The molecule has 0 aliphatic carbocycles. The lowest BCUT2D eigenvalue weighted by molar-refractivity contribution is -0.137. The lowest BCUT2D eigenvalue weighted by atomic mass is 9.89. The average Bonchev–Trinajstić information content (AvgIpc) is 4.38. The van der Waals surface area contributed by atoms with Crippen molar-refractivity contribution in [2.75, 3.05) is 34.0 Å². The van der Waals surface area contributed by atoms with Gasteiger partial charge in [-0.1, -0.05) is 63.6 Å². The maximum absolute atomic E-state index is 14.1. The second-order valence-corrected chi connectivity index (χ2v) is 21.6. The van der Waals surface area contributed by atoms with Gasteiger partial charge in [0, 0.05) is 100 Å². The monoisotopic (exact) mass is 1110 g/mol. The Morgan fingerprint density at radius 3 is 1.82 bits per heavy atom. The number of ether oxygens (including phenoxy) is 4. The van der Waals surface area contributed by atoms with Gasteiger partial charge in [-0.15, -0.1) is 0 Å². The third-order valence-corrected chi connectivity index (χ3v) is 15.5. The number of carbonyl (C=O) groups is 8. The van der Waals surface area contributed by atoms with E-state index in [2.05, 4.69) is 5.32 Å². The quantitative estimate of drug-likeness (QED) is 0.0373. The van der Waals surface area contributed by atoms with Crippen molar-refractivity contribution < 1.29 is 57.3 Å². The molecule has 0 saturated heterocycles. The molecule has 82 heavy (non-hydrogen) atoms. The van der Waals surface area contributed by atoms with Gasteiger partial charge in [0.1, 0.15) is 11.5 Å². The van der Waals surface area contributed by atoms with Crippen LogP contribution in [0.15, 0.2) is 107 Å². The molecule has 18 heteroatoms. The van der Waals surface area contributed by atoms with Crippen LogP contribution in [0.25, 0.3) is 11.1 Å². The molecule has 2 unspecified atom stereocenters. The van der Waals surface area contributed by atoms with E-state index in [4.69, 9.17) is 28.9 Å². The third-order valence-electron chi connectivity index (χ3n) is 15.5. The first-order valence-electron chi connectivity index (χ1n) is 27.9. The van der Waals surface area contributed by atoms with Crippen LogP contribution in [0.5, 0.6) is 17.2 Å². The summed E-state index contributed by atoms with van der Waals surface area (Å²) in [6, 6.07) is 20.7. The Labute approximate surface area is 476 Å². The zero-order chi connectivity index (χ0) is 58.2. The van der Waals surface area contributed by atoms with E-state index in [0.29, 0.717) is 103 Å². The molecule has 4 aromatic rings. The molecule has 0 aromatic heterocycles. The highest BCUT2D eigenvalue weighted by atomic mass is 16.5. The molecule has 0 bridgehead atoms. The van der Waals surface area contributed by atoms with E-state index in [1.54, 1.807) is 59.5 Å². The SMILES string of the molecule is COC(=O)c1ccc(C2=CN3C(=O)c4cc(C)c(OCCCOc5cc6c(cc5OC)C(=O)N5C=C(c7ccc(CCC(=O)C(C)CC(=O)C(NC(=O)CCCCCN8C(=O)C=CC8=O)C(C)C)cc7)C[C@H]5C=N6)cc4N=C[C@@H]3C2)cc1. The van der Waals surface area contributed by atoms with Crippen molar-refractivity contribution in [2.45, 2.75) is 110 Å². The first kappa shape index (κ1) is 57.9. The van der Waals surface area contributed by atoms with Crippen LogP contribution in [0.4, 0.5) is 11.4 Å². The molecule has 0 spiro atoms. The molecule has 4 atom stereocenters. The van der Waals surface area contributed by atoms with E-state index in [-0.39, 0.29) is 85.0 Å². The van der Waals surface area contributed by atoms with Crippen molar-refractivity contribution in [1.82, 2.24) is 20.0 Å². The number of rotatable bonds is 25. The number of Topliss-reactive ketones (excluding diaryl/α,β-unsaturated/α-hetero) is 2. The smallest absolute Gasteiger partial charge is 0.337 e. The lowest BCUT2D eigenvalue weighted by Gasteiger charge is -2.22. The molecule has 5 heterocycles. The number of imide groups is 1. The molecule has 5 aliphatic heterocycles. The first-order valence-corrected chi connectivity index (χ1v) is 27.9. The Morgan fingerprint density at radius 1 is 0.659 bits per heavy atom. The predicted molar refractivity (Wildman–Crippen MR) is 309 cm³/mol. The molecule has 0 saturated carbocycles. The number of carbonyl (C=O) groups excluding carboxylic acids is 8. The van der Waals surface area contributed by atoms with Gasteiger partial charge >= 0.3 is 5.97 Å². The number of unbranched alkanes of at least 4 members (excludes halogenated alkanes) is 2. The number of fused-ring (bicyclic) bond motifs is 4.